The highest BCUT2D eigenvalue weighted by Gasteiger charge is 2.14. The third kappa shape index (κ3) is 5.07. The average molecular weight is 301 g/mol. The van der Waals surface area contributed by atoms with Gasteiger partial charge in [0.15, 0.2) is 0 Å². The van der Waals surface area contributed by atoms with Crippen LogP contribution in [0.5, 0.6) is 0 Å². The Morgan fingerprint density at radius 1 is 1.45 bits per heavy atom. The highest BCUT2D eigenvalue weighted by Crippen LogP contribution is 2.24. The first kappa shape index (κ1) is 16.3. The lowest BCUT2D eigenvalue weighted by Gasteiger charge is -2.15. The first-order chi connectivity index (χ1) is 9.43. The lowest BCUT2D eigenvalue weighted by atomic mass is 10.2. The van der Waals surface area contributed by atoms with E-state index in [2.05, 4.69) is 10.6 Å². The van der Waals surface area contributed by atoms with E-state index in [9.17, 15) is 9.59 Å². The zero-order chi connectivity index (χ0) is 15.1. The molecule has 0 spiro atoms. The third-order valence-corrected chi connectivity index (χ3v) is 3.00. The first-order valence-corrected chi connectivity index (χ1v) is 6.36. The first-order valence-electron chi connectivity index (χ1n) is 5.98. The smallest absolute Gasteiger partial charge is 0.319 e. The molecule has 0 fully saturated rings. The molecular formula is C13H17ClN2O4. The van der Waals surface area contributed by atoms with Gasteiger partial charge in [0.1, 0.15) is 0 Å². The van der Waals surface area contributed by atoms with E-state index >= 15 is 0 Å². The minimum Gasteiger partial charge on any atom is -0.481 e. The van der Waals surface area contributed by atoms with Gasteiger partial charge in [0.25, 0.3) is 0 Å². The topological polar surface area (TPSA) is 87.7 Å². The van der Waals surface area contributed by atoms with E-state index in [0.717, 1.165) is 5.56 Å². The van der Waals surface area contributed by atoms with E-state index in [0.29, 0.717) is 10.7 Å². The van der Waals surface area contributed by atoms with Gasteiger partial charge in [0.05, 0.1) is 23.2 Å². The quantitative estimate of drug-likeness (QED) is 0.752. The summed E-state index contributed by atoms with van der Waals surface area (Å²) in [5.74, 6) is -0.985. The molecule has 110 valence electrons. The maximum atomic E-state index is 11.7. The molecule has 0 saturated carbocycles. The summed E-state index contributed by atoms with van der Waals surface area (Å²) in [5, 5.41) is 14.3. The Morgan fingerprint density at radius 2 is 2.15 bits per heavy atom. The van der Waals surface area contributed by atoms with Crippen molar-refractivity contribution in [1.29, 1.82) is 0 Å². The number of urea groups is 1. The van der Waals surface area contributed by atoms with E-state index in [4.69, 9.17) is 21.4 Å². The van der Waals surface area contributed by atoms with E-state index in [1.807, 2.05) is 13.0 Å². The maximum absolute atomic E-state index is 11.7. The largest absolute Gasteiger partial charge is 0.481 e. The molecule has 1 unspecified atom stereocenters. The Hall–Kier alpha value is -1.79. The predicted octanol–water partition coefficient (Wildman–Crippen LogP) is 2.26. The number of ether oxygens (including phenoxy) is 1. The number of carboxylic acid groups (broad SMARTS) is 1. The molecule has 7 heteroatoms. The zero-order valence-corrected chi connectivity index (χ0v) is 12.0. The van der Waals surface area contributed by atoms with Gasteiger partial charge in [-0.25, -0.2) is 4.79 Å². The summed E-state index contributed by atoms with van der Waals surface area (Å²) in [6.45, 7) is 1.92. The van der Waals surface area contributed by atoms with Gasteiger partial charge in [0, 0.05) is 13.7 Å². The van der Waals surface area contributed by atoms with Crippen LogP contribution in [-0.2, 0) is 9.53 Å². The van der Waals surface area contributed by atoms with Crippen LogP contribution in [0.15, 0.2) is 18.2 Å². The van der Waals surface area contributed by atoms with Crippen molar-refractivity contribution in [2.45, 2.75) is 19.4 Å². The number of aryl methyl sites for hydroxylation is 1. The molecule has 20 heavy (non-hydrogen) atoms. The van der Waals surface area contributed by atoms with Gasteiger partial charge in [-0.2, -0.15) is 0 Å². The van der Waals surface area contributed by atoms with Gasteiger partial charge in [0.2, 0.25) is 0 Å². The van der Waals surface area contributed by atoms with Crippen molar-refractivity contribution in [3.63, 3.8) is 0 Å². The molecule has 0 aromatic heterocycles. The summed E-state index contributed by atoms with van der Waals surface area (Å²) in [7, 11) is 1.39. The van der Waals surface area contributed by atoms with E-state index in [1.54, 1.807) is 12.1 Å². The number of halogens is 1. The second-order valence-electron chi connectivity index (χ2n) is 4.22. The Morgan fingerprint density at radius 3 is 2.70 bits per heavy atom. The highest BCUT2D eigenvalue weighted by atomic mass is 35.5. The maximum Gasteiger partial charge on any atom is 0.319 e. The fourth-order valence-electron chi connectivity index (χ4n) is 1.59. The van der Waals surface area contributed by atoms with Gasteiger partial charge >= 0.3 is 12.0 Å². The summed E-state index contributed by atoms with van der Waals surface area (Å²) in [5.41, 5.74) is 1.36. The van der Waals surface area contributed by atoms with Crippen LogP contribution in [0.3, 0.4) is 0 Å². The lowest BCUT2D eigenvalue weighted by Crippen LogP contribution is -2.37. The molecule has 0 aliphatic rings. The molecule has 1 rings (SSSR count). The molecule has 0 saturated heterocycles. The fraction of sp³-hybridized carbons (Fsp3) is 0.385. The molecule has 1 atom stereocenters. The minimum atomic E-state index is -0.985. The lowest BCUT2D eigenvalue weighted by molar-refractivity contribution is -0.139. The minimum absolute atomic E-state index is 0.0954. The fourth-order valence-corrected chi connectivity index (χ4v) is 1.86. The number of carbonyl (C=O) groups excluding carboxylic acids is 1. The normalized spacial score (nSPS) is 11.8. The van der Waals surface area contributed by atoms with Gasteiger partial charge in [-0.3, -0.25) is 4.79 Å². The number of rotatable bonds is 6. The zero-order valence-electron chi connectivity index (χ0n) is 11.3. The van der Waals surface area contributed by atoms with Crippen molar-refractivity contribution >= 4 is 29.3 Å². The number of anilines is 1. The number of nitrogens with one attached hydrogen (secondary N) is 2. The van der Waals surface area contributed by atoms with Crippen LogP contribution >= 0.6 is 11.6 Å². The van der Waals surface area contributed by atoms with Crippen molar-refractivity contribution in [3.8, 4) is 0 Å². The van der Waals surface area contributed by atoms with Gasteiger partial charge in [-0.05, 0) is 18.6 Å². The number of hydrogen-bond donors (Lipinski definition) is 3. The number of amides is 2. The van der Waals surface area contributed by atoms with Gasteiger partial charge in [-0.1, -0.05) is 23.7 Å². The van der Waals surface area contributed by atoms with Crippen LogP contribution in [0.25, 0.3) is 0 Å². The molecule has 3 N–H and O–H groups in total. The summed E-state index contributed by atoms with van der Waals surface area (Å²) >= 11 is 5.99. The third-order valence-electron chi connectivity index (χ3n) is 2.69. The van der Waals surface area contributed by atoms with E-state index < -0.39 is 18.1 Å². The van der Waals surface area contributed by atoms with Crippen molar-refractivity contribution in [2.24, 2.45) is 0 Å². The second kappa shape index (κ2) is 7.72. The predicted molar refractivity (Wildman–Crippen MR) is 76.3 cm³/mol. The molecule has 0 aliphatic heterocycles. The molecular weight excluding hydrogens is 284 g/mol. The van der Waals surface area contributed by atoms with Crippen LogP contribution in [0.1, 0.15) is 12.0 Å². The van der Waals surface area contributed by atoms with Crippen molar-refractivity contribution < 1.29 is 19.4 Å². The molecule has 1 aromatic rings. The van der Waals surface area contributed by atoms with Crippen molar-refractivity contribution in [3.05, 3.63) is 28.8 Å². The number of carboxylic acids is 1. The van der Waals surface area contributed by atoms with Crippen molar-refractivity contribution in [2.75, 3.05) is 19.0 Å². The number of hydrogen-bond acceptors (Lipinski definition) is 3. The van der Waals surface area contributed by atoms with Crippen LogP contribution in [0.4, 0.5) is 10.5 Å². The van der Waals surface area contributed by atoms with Crippen LogP contribution in [-0.4, -0.2) is 36.9 Å². The van der Waals surface area contributed by atoms with Crippen LogP contribution < -0.4 is 10.6 Å². The summed E-state index contributed by atoms with van der Waals surface area (Å²) in [6, 6.07) is 4.82. The Balaban J connectivity index is 2.53. The average Bonchev–Trinajstić information content (AvgIpc) is 2.38. The monoisotopic (exact) mass is 300 g/mol. The molecule has 6 nitrogen and oxygen atoms in total. The Bertz CT molecular complexity index is 473. The molecule has 2 amide bonds. The standard InChI is InChI=1S/C13H17ClN2O4/c1-8-4-3-5-10(14)12(8)16-13(19)15-7-9(20-2)6-11(17)18/h3-5,9H,6-7H2,1-2H3,(H,17,18)(H2,15,16,19). The highest BCUT2D eigenvalue weighted by molar-refractivity contribution is 6.33. The number of benzene rings is 1. The second-order valence-corrected chi connectivity index (χ2v) is 4.63. The molecule has 0 bridgehead atoms. The van der Waals surface area contributed by atoms with Crippen molar-refractivity contribution in [1.82, 2.24) is 5.32 Å². The number of aliphatic carboxylic acids is 1. The summed E-state index contributed by atoms with van der Waals surface area (Å²) in [6.07, 6.45) is -0.757. The molecule has 1 aromatic carbocycles. The molecule has 0 radical (unpaired) electrons. The van der Waals surface area contributed by atoms with E-state index in [-0.39, 0.29) is 13.0 Å². The number of carbonyl (C=O) groups is 2. The SMILES string of the molecule is COC(CNC(=O)Nc1c(C)cccc1Cl)CC(=O)O. The Labute approximate surface area is 122 Å². The van der Waals surface area contributed by atoms with Crippen LogP contribution in [0, 0.1) is 6.92 Å². The number of methoxy groups -OCH3 is 1. The number of para-hydroxylation sites is 1. The van der Waals surface area contributed by atoms with Gasteiger partial charge < -0.3 is 20.5 Å². The summed E-state index contributed by atoms with van der Waals surface area (Å²) in [4.78, 5) is 22.3. The summed E-state index contributed by atoms with van der Waals surface area (Å²) < 4.78 is 4.96. The van der Waals surface area contributed by atoms with Crippen LogP contribution in [0.2, 0.25) is 5.02 Å². The van der Waals surface area contributed by atoms with Gasteiger partial charge in [-0.15, -0.1) is 0 Å². The Kier molecular flexibility index (Phi) is 6.27. The van der Waals surface area contributed by atoms with E-state index in [1.165, 1.54) is 7.11 Å². The molecule has 0 heterocycles. The molecule has 0 aliphatic carbocycles.